The molecule has 4 rings (SSSR count). The molecule has 8 heteroatoms. The van der Waals surface area contributed by atoms with Gasteiger partial charge in [0.25, 0.3) is 5.56 Å². The van der Waals surface area contributed by atoms with Crippen molar-refractivity contribution in [1.29, 1.82) is 0 Å². The standard InChI is InChI=1S/C25H27ClN2O5/c1-16(2)32-22-14-23(29)28-13-12-27(11-10-20(28)24(22)25(30)31-3)15-17-8-9-21(33-17)18-6-4-5-7-19(18)26/h4-9,14,16H,10-13,15H2,1-3H3. The molecule has 1 aliphatic heterocycles. The van der Waals surface area contributed by atoms with Crippen LogP contribution in [0.4, 0.5) is 0 Å². The molecule has 0 saturated carbocycles. The van der Waals surface area contributed by atoms with Crippen molar-refractivity contribution in [3.8, 4) is 17.1 Å². The first-order valence-electron chi connectivity index (χ1n) is 10.9. The lowest BCUT2D eigenvalue weighted by Crippen LogP contribution is -2.29. The summed E-state index contributed by atoms with van der Waals surface area (Å²) in [5.74, 6) is 1.30. The second-order valence-electron chi connectivity index (χ2n) is 8.25. The van der Waals surface area contributed by atoms with Crippen molar-refractivity contribution in [3.63, 3.8) is 0 Å². The smallest absolute Gasteiger partial charge is 0.343 e. The van der Waals surface area contributed by atoms with Crippen molar-refractivity contribution in [2.75, 3.05) is 20.2 Å². The Morgan fingerprint density at radius 3 is 2.67 bits per heavy atom. The van der Waals surface area contributed by atoms with Crippen molar-refractivity contribution in [2.45, 2.75) is 39.5 Å². The average molecular weight is 471 g/mol. The van der Waals surface area contributed by atoms with Gasteiger partial charge in [-0.1, -0.05) is 23.7 Å². The van der Waals surface area contributed by atoms with Crippen LogP contribution in [0.25, 0.3) is 11.3 Å². The number of esters is 1. The van der Waals surface area contributed by atoms with Gasteiger partial charge in [0.05, 0.1) is 24.8 Å². The third-order valence-corrected chi connectivity index (χ3v) is 5.95. The number of aromatic nitrogens is 1. The summed E-state index contributed by atoms with van der Waals surface area (Å²) in [6.45, 7) is 6.03. The van der Waals surface area contributed by atoms with Crippen LogP contribution in [0.3, 0.4) is 0 Å². The normalized spacial score (nSPS) is 14.1. The fraction of sp³-hybridized carbons (Fsp3) is 0.360. The molecule has 0 aliphatic carbocycles. The maximum Gasteiger partial charge on any atom is 0.343 e. The molecule has 0 atom stereocenters. The lowest BCUT2D eigenvalue weighted by atomic mass is 10.1. The number of furan rings is 1. The molecule has 174 valence electrons. The van der Waals surface area contributed by atoms with E-state index in [2.05, 4.69) is 4.90 Å². The lowest BCUT2D eigenvalue weighted by Gasteiger charge is -2.18. The Bertz CT molecular complexity index is 1210. The zero-order valence-corrected chi connectivity index (χ0v) is 19.7. The highest BCUT2D eigenvalue weighted by molar-refractivity contribution is 6.33. The zero-order chi connectivity index (χ0) is 23.5. The number of benzene rings is 1. The van der Waals surface area contributed by atoms with E-state index in [1.807, 2.05) is 50.2 Å². The van der Waals surface area contributed by atoms with E-state index in [1.165, 1.54) is 13.2 Å². The van der Waals surface area contributed by atoms with Gasteiger partial charge in [-0.2, -0.15) is 0 Å². The first kappa shape index (κ1) is 23.1. The van der Waals surface area contributed by atoms with Crippen LogP contribution < -0.4 is 10.3 Å². The Labute approximate surface area is 197 Å². The van der Waals surface area contributed by atoms with E-state index in [0.717, 1.165) is 11.3 Å². The van der Waals surface area contributed by atoms with Crippen LogP contribution in [0.1, 0.15) is 35.7 Å². The molecule has 0 saturated heterocycles. The van der Waals surface area contributed by atoms with E-state index < -0.39 is 5.97 Å². The molecule has 0 fully saturated rings. The first-order chi connectivity index (χ1) is 15.9. The van der Waals surface area contributed by atoms with Crippen LogP contribution in [-0.2, 0) is 24.2 Å². The topological polar surface area (TPSA) is 73.9 Å². The summed E-state index contributed by atoms with van der Waals surface area (Å²) < 4.78 is 18.5. The molecule has 7 nitrogen and oxygen atoms in total. The average Bonchev–Trinajstić information content (AvgIpc) is 3.13. The molecule has 0 bridgehead atoms. The van der Waals surface area contributed by atoms with E-state index in [9.17, 15) is 9.59 Å². The van der Waals surface area contributed by atoms with Crippen LogP contribution in [0, 0.1) is 0 Å². The summed E-state index contributed by atoms with van der Waals surface area (Å²) in [6, 6.07) is 12.8. The quantitative estimate of drug-likeness (QED) is 0.497. The molecule has 1 aliphatic rings. The van der Waals surface area contributed by atoms with Crippen molar-refractivity contribution >= 4 is 17.6 Å². The van der Waals surface area contributed by atoms with Gasteiger partial charge >= 0.3 is 5.97 Å². The van der Waals surface area contributed by atoms with Crippen molar-refractivity contribution < 1.29 is 18.7 Å². The van der Waals surface area contributed by atoms with Crippen LogP contribution in [0.15, 0.2) is 51.7 Å². The maximum atomic E-state index is 12.8. The molecule has 3 aromatic rings. The number of rotatable bonds is 6. The number of pyridine rings is 1. The molecule has 33 heavy (non-hydrogen) atoms. The second kappa shape index (κ2) is 9.85. The minimum atomic E-state index is -0.502. The number of carbonyl (C=O) groups excluding carboxylic acids is 1. The Morgan fingerprint density at radius 2 is 1.94 bits per heavy atom. The van der Waals surface area contributed by atoms with E-state index in [-0.39, 0.29) is 17.4 Å². The molecule has 0 N–H and O–H groups in total. The van der Waals surface area contributed by atoms with Crippen LogP contribution >= 0.6 is 11.6 Å². The zero-order valence-electron chi connectivity index (χ0n) is 19.0. The summed E-state index contributed by atoms with van der Waals surface area (Å²) in [6.07, 6.45) is 0.331. The van der Waals surface area contributed by atoms with Gasteiger partial charge in [-0.05, 0) is 38.1 Å². The van der Waals surface area contributed by atoms with Crippen molar-refractivity contribution in [1.82, 2.24) is 9.47 Å². The fourth-order valence-corrected chi connectivity index (χ4v) is 4.34. The van der Waals surface area contributed by atoms with Gasteiger partial charge in [-0.15, -0.1) is 0 Å². The predicted octanol–water partition coefficient (Wildman–Crippen LogP) is 4.39. The third kappa shape index (κ3) is 4.99. The number of hydrogen-bond acceptors (Lipinski definition) is 6. The van der Waals surface area contributed by atoms with Gasteiger partial charge in [-0.25, -0.2) is 4.79 Å². The fourth-order valence-electron chi connectivity index (χ4n) is 4.11. The Balaban J connectivity index is 1.57. The molecule has 0 amide bonds. The SMILES string of the molecule is COC(=O)c1c(OC(C)C)cc(=O)n2c1CCN(Cc1ccc(-c3ccccc3Cl)o1)CC2. The number of carbonyl (C=O) groups is 1. The van der Waals surface area contributed by atoms with Crippen molar-refractivity contribution in [2.24, 2.45) is 0 Å². The van der Waals surface area contributed by atoms with Crippen molar-refractivity contribution in [3.05, 3.63) is 74.9 Å². The lowest BCUT2D eigenvalue weighted by molar-refractivity contribution is 0.0591. The second-order valence-corrected chi connectivity index (χ2v) is 8.66. The Morgan fingerprint density at radius 1 is 1.15 bits per heavy atom. The molecule has 0 spiro atoms. The molecule has 1 aromatic carbocycles. The Hall–Kier alpha value is -3.03. The highest BCUT2D eigenvalue weighted by atomic mass is 35.5. The maximum absolute atomic E-state index is 12.8. The van der Waals surface area contributed by atoms with Gasteiger partial charge in [0.15, 0.2) is 0 Å². The largest absolute Gasteiger partial charge is 0.490 e. The van der Waals surface area contributed by atoms with Gasteiger partial charge in [0, 0.05) is 43.4 Å². The molecular weight excluding hydrogens is 444 g/mol. The summed E-state index contributed by atoms with van der Waals surface area (Å²) in [4.78, 5) is 27.6. The minimum absolute atomic E-state index is 0.176. The van der Waals surface area contributed by atoms with Gasteiger partial charge in [-0.3, -0.25) is 9.69 Å². The molecule has 0 unspecified atom stereocenters. The van der Waals surface area contributed by atoms with Gasteiger partial charge < -0.3 is 18.5 Å². The van der Waals surface area contributed by atoms with Gasteiger partial charge in [0.2, 0.25) is 0 Å². The number of nitrogens with zero attached hydrogens (tertiary/aromatic N) is 2. The van der Waals surface area contributed by atoms with Crippen LogP contribution in [-0.4, -0.2) is 41.7 Å². The molecular formula is C25H27ClN2O5. The highest BCUT2D eigenvalue weighted by Gasteiger charge is 2.26. The summed E-state index contributed by atoms with van der Waals surface area (Å²) in [7, 11) is 1.33. The van der Waals surface area contributed by atoms with Gasteiger partial charge in [0.1, 0.15) is 22.8 Å². The molecule has 3 heterocycles. The van der Waals surface area contributed by atoms with E-state index in [1.54, 1.807) is 4.57 Å². The monoisotopic (exact) mass is 470 g/mol. The number of methoxy groups -OCH3 is 1. The predicted molar refractivity (Wildman–Crippen MR) is 126 cm³/mol. The minimum Gasteiger partial charge on any atom is -0.490 e. The van der Waals surface area contributed by atoms with Crippen LogP contribution in [0.5, 0.6) is 5.75 Å². The first-order valence-corrected chi connectivity index (χ1v) is 11.3. The number of ether oxygens (including phenoxy) is 2. The number of fused-ring (bicyclic) bond motifs is 1. The molecule has 2 aromatic heterocycles. The Kier molecular flexibility index (Phi) is 6.91. The summed E-state index contributed by atoms with van der Waals surface area (Å²) >= 11 is 6.29. The van der Waals surface area contributed by atoms with E-state index >= 15 is 0 Å². The van der Waals surface area contributed by atoms with E-state index in [0.29, 0.717) is 54.6 Å². The third-order valence-electron chi connectivity index (χ3n) is 5.62. The van der Waals surface area contributed by atoms with E-state index in [4.69, 9.17) is 25.5 Å². The van der Waals surface area contributed by atoms with Crippen LogP contribution in [0.2, 0.25) is 5.02 Å². The highest BCUT2D eigenvalue weighted by Crippen LogP contribution is 2.30. The summed E-state index contributed by atoms with van der Waals surface area (Å²) in [5.41, 5.74) is 1.63. The number of hydrogen-bond donors (Lipinski definition) is 0. The number of halogens is 1. The molecule has 0 radical (unpaired) electrons. The summed E-state index contributed by atoms with van der Waals surface area (Å²) in [5, 5.41) is 0.637.